The van der Waals surface area contributed by atoms with E-state index in [1.807, 2.05) is 0 Å². The minimum Gasteiger partial charge on any atom is -0.497 e. The van der Waals surface area contributed by atoms with Gasteiger partial charge in [0.1, 0.15) is 11.6 Å². The molecule has 1 aliphatic rings. The number of hydrogen-bond acceptors (Lipinski definition) is 4. The molecule has 0 radical (unpaired) electrons. The maximum Gasteiger partial charge on any atom is 0.244 e. The van der Waals surface area contributed by atoms with Gasteiger partial charge in [-0.3, -0.25) is 4.79 Å². The van der Waals surface area contributed by atoms with Crippen molar-refractivity contribution in [3.63, 3.8) is 0 Å². The molecule has 1 saturated heterocycles. The largest absolute Gasteiger partial charge is 0.497 e. The summed E-state index contributed by atoms with van der Waals surface area (Å²) in [6.45, 7) is 0.653. The number of piperidine rings is 1. The summed E-state index contributed by atoms with van der Waals surface area (Å²) in [6, 6.07) is 12.1. The van der Waals surface area contributed by atoms with E-state index < -0.39 is 10.0 Å². The summed E-state index contributed by atoms with van der Waals surface area (Å²) in [5, 5.41) is 2.87. The highest BCUT2D eigenvalue weighted by molar-refractivity contribution is 7.89. The molecule has 1 heterocycles. The highest BCUT2D eigenvalue weighted by Crippen LogP contribution is 2.22. The van der Waals surface area contributed by atoms with Crippen molar-refractivity contribution in [3.8, 4) is 5.75 Å². The number of carbonyl (C=O) groups is 1. The van der Waals surface area contributed by atoms with E-state index in [2.05, 4.69) is 5.32 Å². The molecule has 2 aromatic carbocycles. The van der Waals surface area contributed by atoms with Gasteiger partial charge in [-0.2, -0.15) is 4.31 Å². The van der Waals surface area contributed by atoms with Gasteiger partial charge in [0.15, 0.2) is 0 Å². The van der Waals surface area contributed by atoms with Crippen LogP contribution in [0.2, 0.25) is 0 Å². The molecule has 0 spiro atoms. The number of hydrogen-bond donors (Lipinski definition) is 1. The van der Waals surface area contributed by atoms with Crippen LogP contribution in [0.5, 0.6) is 5.75 Å². The topological polar surface area (TPSA) is 75.7 Å². The average molecular weight is 418 g/mol. The van der Waals surface area contributed by atoms with Crippen LogP contribution in [0, 0.1) is 5.82 Å². The summed E-state index contributed by atoms with van der Waals surface area (Å²) in [5.74, 6) is -0.0552. The zero-order valence-electron chi connectivity index (χ0n) is 16.0. The van der Waals surface area contributed by atoms with Crippen LogP contribution in [0.1, 0.15) is 18.4 Å². The molecule has 0 unspecified atom stereocenters. The van der Waals surface area contributed by atoms with Crippen molar-refractivity contribution in [3.05, 3.63) is 66.0 Å². The number of ether oxygens (including phenoxy) is 1. The average Bonchev–Trinajstić information content (AvgIpc) is 2.73. The van der Waals surface area contributed by atoms with Gasteiger partial charge in [-0.1, -0.05) is 12.1 Å². The molecule has 3 rings (SSSR count). The van der Waals surface area contributed by atoms with Gasteiger partial charge in [0.25, 0.3) is 0 Å². The minimum absolute atomic E-state index is 0.109. The Balaban J connectivity index is 1.53. The van der Waals surface area contributed by atoms with Gasteiger partial charge in [0.2, 0.25) is 15.9 Å². The van der Waals surface area contributed by atoms with E-state index in [4.69, 9.17) is 4.74 Å². The molecular formula is C21H23FN2O4S. The van der Waals surface area contributed by atoms with Crippen LogP contribution in [0.15, 0.2) is 59.5 Å². The minimum atomic E-state index is -3.57. The normalized spacial score (nSPS) is 16.1. The molecule has 154 valence electrons. The lowest BCUT2D eigenvalue weighted by atomic mass is 10.1. The van der Waals surface area contributed by atoms with E-state index in [0.29, 0.717) is 37.2 Å². The lowest BCUT2D eigenvalue weighted by Crippen LogP contribution is -2.46. The van der Waals surface area contributed by atoms with E-state index in [0.717, 1.165) is 0 Å². The standard InChI is InChI=1S/C21H23FN2O4S/c1-28-19-6-8-20(9-7-19)29(26,27)24-13-11-18(12-14-24)23-21(25)10-5-16-3-2-4-17(22)15-16/h2-10,15,18H,11-14H2,1H3,(H,23,25). The van der Waals surface area contributed by atoms with E-state index in [1.54, 1.807) is 30.3 Å². The van der Waals surface area contributed by atoms with E-state index in [-0.39, 0.29) is 22.7 Å². The molecule has 29 heavy (non-hydrogen) atoms. The fourth-order valence-electron chi connectivity index (χ4n) is 3.17. The van der Waals surface area contributed by atoms with E-state index in [9.17, 15) is 17.6 Å². The Labute approximate surface area is 170 Å². The first-order valence-electron chi connectivity index (χ1n) is 9.27. The Bertz CT molecular complexity index is 982. The predicted molar refractivity (Wildman–Crippen MR) is 108 cm³/mol. The first-order valence-corrected chi connectivity index (χ1v) is 10.7. The lowest BCUT2D eigenvalue weighted by Gasteiger charge is -2.31. The number of halogens is 1. The summed E-state index contributed by atoms with van der Waals surface area (Å²) in [5.41, 5.74) is 0.598. The predicted octanol–water partition coefficient (Wildman–Crippen LogP) is 2.82. The summed E-state index contributed by atoms with van der Waals surface area (Å²) in [7, 11) is -2.05. The first-order chi connectivity index (χ1) is 13.9. The number of benzene rings is 2. The van der Waals surface area contributed by atoms with Crippen LogP contribution < -0.4 is 10.1 Å². The van der Waals surface area contributed by atoms with Gasteiger partial charge >= 0.3 is 0 Å². The van der Waals surface area contributed by atoms with Crippen molar-refractivity contribution in [1.82, 2.24) is 9.62 Å². The summed E-state index contributed by atoms with van der Waals surface area (Å²) < 4.78 is 45.2. The Hall–Kier alpha value is -2.71. The van der Waals surface area contributed by atoms with Gasteiger partial charge in [0, 0.05) is 25.2 Å². The number of carbonyl (C=O) groups excluding carboxylic acids is 1. The zero-order chi connectivity index (χ0) is 20.9. The number of sulfonamides is 1. The third kappa shape index (κ3) is 5.42. The monoisotopic (exact) mass is 418 g/mol. The van der Waals surface area contributed by atoms with Crippen molar-refractivity contribution in [2.45, 2.75) is 23.8 Å². The molecule has 0 aliphatic carbocycles. The number of rotatable bonds is 6. The van der Waals surface area contributed by atoms with Crippen LogP contribution >= 0.6 is 0 Å². The molecule has 0 bridgehead atoms. The van der Waals surface area contributed by atoms with Crippen LogP contribution in [0.4, 0.5) is 4.39 Å². The third-order valence-corrected chi connectivity index (χ3v) is 6.69. The highest BCUT2D eigenvalue weighted by atomic mass is 32.2. The molecule has 1 amide bonds. The lowest BCUT2D eigenvalue weighted by molar-refractivity contribution is -0.117. The molecule has 1 fully saturated rings. The number of nitrogens with zero attached hydrogens (tertiary/aromatic N) is 1. The number of amides is 1. The molecule has 1 aliphatic heterocycles. The fraction of sp³-hybridized carbons (Fsp3) is 0.286. The van der Waals surface area contributed by atoms with Crippen LogP contribution in [0.3, 0.4) is 0 Å². The molecule has 1 N–H and O–H groups in total. The molecule has 2 aromatic rings. The Kier molecular flexibility index (Phi) is 6.66. The number of nitrogens with one attached hydrogen (secondary N) is 1. The Morgan fingerprint density at radius 3 is 2.48 bits per heavy atom. The quantitative estimate of drug-likeness (QED) is 0.732. The molecule has 8 heteroatoms. The highest BCUT2D eigenvalue weighted by Gasteiger charge is 2.29. The molecule has 6 nitrogen and oxygen atoms in total. The second kappa shape index (κ2) is 9.19. The Morgan fingerprint density at radius 2 is 1.86 bits per heavy atom. The molecular weight excluding hydrogens is 395 g/mol. The van der Waals surface area contributed by atoms with Crippen molar-refractivity contribution < 1.29 is 22.3 Å². The molecule has 0 saturated carbocycles. The summed E-state index contributed by atoms with van der Waals surface area (Å²) in [4.78, 5) is 12.3. The summed E-state index contributed by atoms with van der Waals surface area (Å²) in [6.07, 6.45) is 3.95. The van der Waals surface area contributed by atoms with Crippen LogP contribution in [-0.2, 0) is 14.8 Å². The van der Waals surface area contributed by atoms with Crippen molar-refractivity contribution in [1.29, 1.82) is 0 Å². The maximum atomic E-state index is 13.2. The SMILES string of the molecule is COc1ccc(S(=O)(=O)N2CCC(NC(=O)C=Cc3cccc(F)c3)CC2)cc1. The fourth-order valence-corrected chi connectivity index (χ4v) is 4.64. The van der Waals surface area contributed by atoms with Crippen LogP contribution in [0.25, 0.3) is 6.08 Å². The molecule has 0 aromatic heterocycles. The maximum absolute atomic E-state index is 13.2. The van der Waals surface area contributed by atoms with Crippen molar-refractivity contribution in [2.75, 3.05) is 20.2 Å². The van der Waals surface area contributed by atoms with E-state index >= 15 is 0 Å². The molecule has 0 atom stereocenters. The van der Waals surface area contributed by atoms with Gasteiger partial charge in [-0.15, -0.1) is 0 Å². The Morgan fingerprint density at radius 1 is 1.17 bits per heavy atom. The van der Waals surface area contributed by atoms with Gasteiger partial charge < -0.3 is 10.1 Å². The zero-order valence-corrected chi connectivity index (χ0v) is 16.9. The van der Waals surface area contributed by atoms with Crippen molar-refractivity contribution >= 4 is 22.0 Å². The second-order valence-electron chi connectivity index (χ2n) is 6.75. The first kappa shape index (κ1) is 21.0. The van der Waals surface area contributed by atoms with Crippen molar-refractivity contribution in [2.24, 2.45) is 0 Å². The van der Waals surface area contributed by atoms with Crippen LogP contribution in [-0.4, -0.2) is 44.9 Å². The number of methoxy groups -OCH3 is 1. The van der Waals surface area contributed by atoms with Gasteiger partial charge in [0.05, 0.1) is 12.0 Å². The van der Waals surface area contributed by atoms with Gasteiger partial charge in [-0.05, 0) is 60.9 Å². The van der Waals surface area contributed by atoms with Gasteiger partial charge in [-0.25, -0.2) is 12.8 Å². The smallest absolute Gasteiger partial charge is 0.244 e. The van der Waals surface area contributed by atoms with E-state index in [1.165, 1.54) is 41.8 Å². The second-order valence-corrected chi connectivity index (χ2v) is 8.69. The summed E-state index contributed by atoms with van der Waals surface area (Å²) >= 11 is 0. The third-order valence-electron chi connectivity index (χ3n) is 4.77.